The molecule has 0 amide bonds. The summed E-state index contributed by atoms with van der Waals surface area (Å²) in [6.45, 7) is 8.00. The molecule has 0 saturated heterocycles. The van der Waals surface area contributed by atoms with Crippen molar-refractivity contribution in [1.82, 2.24) is 10.3 Å². The van der Waals surface area contributed by atoms with E-state index < -0.39 is 0 Å². The van der Waals surface area contributed by atoms with E-state index in [-0.39, 0.29) is 0 Å². The zero-order valence-corrected chi connectivity index (χ0v) is 11.7. The molecule has 2 heterocycles. The van der Waals surface area contributed by atoms with Crippen LogP contribution in [0, 0.1) is 0 Å². The van der Waals surface area contributed by atoms with Gasteiger partial charge in [-0.05, 0) is 19.9 Å². The van der Waals surface area contributed by atoms with Crippen molar-refractivity contribution in [3.63, 3.8) is 0 Å². The van der Waals surface area contributed by atoms with Gasteiger partial charge in [-0.2, -0.15) is 0 Å². The van der Waals surface area contributed by atoms with Gasteiger partial charge >= 0.3 is 0 Å². The Morgan fingerprint density at radius 3 is 2.83 bits per heavy atom. The van der Waals surface area contributed by atoms with E-state index >= 15 is 0 Å². The fraction of sp³-hybridized carbons (Fsp3) is 0.462. The second kappa shape index (κ2) is 6.56. The molecular weight excluding hydrogens is 246 g/mol. The quantitative estimate of drug-likeness (QED) is 0.836. The minimum absolute atomic E-state index is 0.828. The molecule has 0 fully saturated rings. The van der Waals surface area contributed by atoms with Crippen LogP contribution >= 0.6 is 11.3 Å². The molecule has 0 aliphatic carbocycles. The van der Waals surface area contributed by atoms with Crippen LogP contribution in [0.5, 0.6) is 0 Å². The van der Waals surface area contributed by atoms with E-state index in [1.165, 1.54) is 10.4 Å². The number of aromatic nitrogens is 1. The molecule has 1 N–H and O–H groups in total. The number of nitrogens with zero attached hydrogens (tertiary/aromatic N) is 2. The standard InChI is InChI=1S/C13H19N3OS/c1-3-16(4-2)13-15-9-12(18-13)8-14-7-11-5-6-17-10-11/h5-6,9-10,14H,3-4,7-8H2,1-2H3. The Balaban J connectivity index is 1.83. The third kappa shape index (κ3) is 3.34. The predicted molar refractivity (Wildman–Crippen MR) is 74.9 cm³/mol. The molecule has 0 spiro atoms. The molecule has 18 heavy (non-hydrogen) atoms. The summed E-state index contributed by atoms with van der Waals surface area (Å²) in [7, 11) is 0. The van der Waals surface area contributed by atoms with Crippen molar-refractivity contribution in [2.45, 2.75) is 26.9 Å². The van der Waals surface area contributed by atoms with Crippen LogP contribution in [-0.2, 0) is 13.1 Å². The molecule has 0 saturated carbocycles. The van der Waals surface area contributed by atoms with Gasteiger partial charge in [-0.1, -0.05) is 0 Å². The molecule has 2 aromatic heterocycles. The Bertz CT molecular complexity index is 449. The Hall–Kier alpha value is -1.33. The Morgan fingerprint density at radius 1 is 1.33 bits per heavy atom. The molecule has 5 heteroatoms. The fourth-order valence-corrected chi connectivity index (χ4v) is 2.75. The van der Waals surface area contributed by atoms with Gasteiger partial charge in [-0.25, -0.2) is 4.98 Å². The number of nitrogens with one attached hydrogen (secondary N) is 1. The van der Waals surface area contributed by atoms with E-state index in [2.05, 4.69) is 29.0 Å². The largest absolute Gasteiger partial charge is 0.472 e. The highest BCUT2D eigenvalue weighted by Gasteiger charge is 2.07. The first-order valence-electron chi connectivity index (χ1n) is 6.25. The van der Waals surface area contributed by atoms with Gasteiger partial charge in [0.25, 0.3) is 0 Å². The Labute approximate surface area is 112 Å². The zero-order chi connectivity index (χ0) is 12.8. The highest BCUT2D eigenvalue weighted by Crippen LogP contribution is 2.22. The second-order valence-electron chi connectivity index (χ2n) is 4.02. The van der Waals surface area contributed by atoms with Gasteiger partial charge in [0.2, 0.25) is 0 Å². The van der Waals surface area contributed by atoms with Crippen molar-refractivity contribution in [3.8, 4) is 0 Å². The molecule has 0 bridgehead atoms. The highest BCUT2D eigenvalue weighted by atomic mass is 32.1. The van der Waals surface area contributed by atoms with Crippen LogP contribution in [0.15, 0.2) is 29.2 Å². The van der Waals surface area contributed by atoms with Crippen LogP contribution in [-0.4, -0.2) is 18.1 Å². The molecule has 0 unspecified atom stereocenters. The lowest BCUT2D eigenvalue weighted by atomic mass is 10.3. The summed E-state index contributed by atoms with van der Waals surface area (Å²) in [5.74, 6) is 0. The number of thiazole rings is 1. The van der Waals surface area contributed by atoms with Gasteiger partial charge in [-0.3, -0.25) is 0 Å². The molecule has 0 aliphatic heterocycles. The summed E-state index contributed by atoms with van der Waals surface area (Å²) >= 11 is 1.76. The normalized spacial score (nSPS) is 10.8. The van der Waals surface area contributed by atoms with Gasteiger partial charge < -0.3 is 14.6 Å². The van der Waals surface area contributed by atoms with Crippen molar-refractivity contribution in [2.75, 3.05) is 18.0 Å². The summed E-state index contributed by atoms with van der Waals surface area (Å²) in [5, 5.41) is 4.50. The van der Waals surface area contributed by atoms with Crippen molar-refractivity contribution >= 4 is 16.5 Å². The number of hydrogen-bond donors (Lipinski definition) is 1. The number of rotatable bonds is 7. The molecule has 0 radical (unpaired) electrons. The third-order valence-corrected chi connectivity index (χ3v) is 3.84. The molecule has 2 rings (SSSR count). The van der Waals surface area contributed by atoms with Crippen LogP contribution in [0.25, 0.3) is 0 Å². The first-order valence-corrected chi connectivity index (χ1v) is 7.06. The molecule has 4 nitrogen and oxygen atoms in total. The van der Waals surface area contributed by atoms with Gasteiger partial charge in [0.1, 0.15) is 0 Å². The van der Waals surface area contributed by atoms with Crippen LogP contribution in [0.2, 0.25) is 0 Å². The SMILES string of the molecule is CCN(CC)c1ncc(CNCc2ccoc2)s1. The van der Waals surface area contributed by atoms with E-state index in [1.54, 1.807) is 23.9 Å². The molecule has 2 aromatic rings. The lowest BCUT2D eigenvalue weighted by Crippen LogP contribution is -2.21. The summed E-state index contributed by atoms with van der Waals surface area (Å²) in [6.07, 6.45) is 5.42. The van der Waals surface area contributed by atoms with Crippen LogP contribution in [0.3, 0.4) is 0 Å². The lowest BCUT2D eigenvalue weighted by molar-refractivity contribution is 0.560. The number of furan rings is 1. The summed E-state index contributed by atoms with van der Waals surface area (Å²) in [5.41, 5.74) is 1.17. The first kappa shape index (κ1) is 13.1. The van der Waals surface area contributed by atoms with Crippen LogP contribution in [0.4, 0.5) is 5.13 Å². The second-order valence-corrected chi connectivity index (χ2v) is 5.11. The van der Waals surface area contributed by atoms with Crippen molar-refractivity contribution < 1.29 is 4.42 Å². The summed E-state index contributed by atoms with van der Waals surface area (Å²) in [6, 6.07) is 1.97. The average Bonchev–Trinajstić information content (AvgIpc) is 3.03. The van der Waals surface area contributed by atoms with Gasteiger partial charge in [0, 0.05) is 42.8 Å². The zero-order valence-electron chi connectivity index (χ0n) is 10.8. The maximum Gasteiger partial charge on any atom is 0.185 e. The molecule has 98 valence electrons. The predicted octanol–water partition coefficient (Wildman–Crippen LogP) is 2.87. The average molecular weight is 265 g/mol. The van der Waals surface area contributed by atoms with Gasteiger partial charge in [0.15, 0.2) is 5.13 Å². The molecule has 0 atom stereocenters. The smallest absolute Gasteiger partial charge is 0.185 e. The van der Waals surface area contributed by atoms with Crippen molar-refractivity contribution in [3.05, 3.63) is 35.2 Å². The van der Waals surface area contributed by atoms with Gasteiger partial charge in [-0.15, -0.1) is 11.3 Å². The van der Waals surface area contributed by atoms with Crippen LogP contribution in [0.1, 0.15) is 24.3 Å². The molecule has 0 aromatic carbocycles. The van der Waals surface area contributed by atoms with E-state index in [4.69, 9.17) is 4.42 Å². The topological polar surface area (TPSA) is 41.3 Å². The maximum absolute atomic E-state index is 5.03. The maximum atomic E-state index is 5.03. The lowest BCUT2D eigenvalue weighted by Gasteiger charge is -2.16. The monoisotopic (exact) mass is 265 g/mol. The van der Waals surface area contributed by atoms with E-state index in [9.17, 15) is 0 Å². The van der Waals surface area contributed by atoms with Gasteiger partial charge in [0.05, 0.1) is 12.5 Å². The summed E-state index contributed by atoms with van der Waals surface area (Å²) < 4.78 is 5.03. The van der Waals surface area contributed by atoms with E-state index in [0.717, 1.165) is 31.3 Å². The van der Waals surface area contributed by atoms with E-state index in [1.807, 2.05) is 12.3 Å². The first-order chi connectivity index (χ1) is 8.83. The molecule has 0 aliphatic rings. The highest BCUT2D eigenvalue weighted by molar-refractivity contribution is 7.15. The fourth-order valence-electron chi connectivity index (χ4n) is 1.74. The van der Waals surface area contributed by atoms with E-state index in [0.29, 0.717) is 0 Å². The van der Waals surface area contributed by atoms with Crippen molar-refractivity contribution in [1.29, 1.82) is 0 Å². The van der Waals surface area contributed by atoms with Crippen LogP contribution < -0.4 is 10.2 Å². The molecular formula is C13H19N3OS. The van der Waals surface area contributed by atoms with Crippen molar-refractivity contribution in [2.24, 2.45) is 0 Å². The number of hydrogen-bond acceptors (Lipinski definition) is 5. The Kier molecular flexibility index (Phi) is 4.78. The Morgan fingerprint density at radius 2 is 2.17 bits per heavy atom. The summed E-state index contributed by atoms with van der Waals surface area (Å²) in [4.78, 5) is 7.99. The third-order valence-electron chi connectivity index (χ3n) is 2.78. The minimum atomic E-state index is 0.828. The minimum Gasteiger partial charge on any atom is -0.472 e. The number of anilines is 1.